The van der Waals surface area contributed by atoms with Gasteiger partial charge in [-0.15, -0.1) is 0 Å². The van der Waals surface area contributed by atoms with E-state index in [0.717, 1.165) is 0 Å². The van der Waals surface area contributed by atoms with Gasteiger partial charge in [0.05, 0.1) is 21.9 Å². The van der Waals surface area contributed by atoms with Crippen LogP contribution in [-0.4, -0.2) is 39.2 Å². The van der Waals surface area contributed by atoms with Crippen molar-refractivity contribution in [3.05, 3.63) is 11.8 Å². The maximum absolute atomic E-state index is 9.92. The lowest BCUT2D eigenvalue weighted by Gasteiger charge is -2.13. The Morgan fingerprint density at radius 1 is 1.13 bits per heavy atom. The fourth-order valence-electron chi connectivity index (χ4n) is 1.58. The number of hydrogen-bond donors (Lipinski definition) is 1. The van der Waals surface area contributed by atoms with Gasteiger partial charge in [-0.25, -0.2) is 0 Å². The van der Waals surface area contributed by atoms with Crippen LogP contribution in [0, 0.1) is 0 Å². The summed E-state index contributed by atoms with van der Waals surface area (Å²) < 4.78 is 5.58. The average molecular weight is 244 g/mol. The van der Waals surface area contributed by atoms with Gasteiger partial charge < -0.3 is 9.84 Å². The van der Waals surface area contributed by atoms with Crippen molar-refractivity contribution in [2.75, 3.05) is 0 Å². The molecule has 1 heterocycles. The molecule has 1 N–H and O–H groups in total. The third-order valence-electron chi connectivity index (χ3n) is 2.51. The first-order valence-electron chi connectivity index (χ1n) is 5.64. The Balaban J connectivity index is 2.46. The summed E-state index contributed by atoms with van der Waals surface area (Å²) in [7, 11) is -2.42. The van der Waals surface area contributed by atoms with Crippen molar-refractivity contribution in [3.8, 4) is 0 Å². The molecule has 0 aromatic rings. The van der Waals surface area contributed by atoms with Crippen LogP contribution in [0.3, 0.4) is 0 Å². The molecule has 1 aliphatic rings. The minimum absolute atomic E-state index is 0.0734. The summed E-state index contributed by atoms with van der Waals surface area (Å²) >= 11 is 0. The van der Waals surface area contributed by atoms with Crippen molar-refractivity contribution < 1.29 is 9.84 Å². The second-order valence-corrected chi connectivity index (χ2v) is 17.0. The second kappa shape index (κ2) is 4.16. The quantitative estimate of drug-likeness (QED) is 0.608. The molecule has 0 bridgehead atoms. The van der Waals surface area contributed by atoms with Gasteiger partial charge in [-0.3, -0.25) is 0 Å². The molecule has 2 nitrogen and oxygen atoms in total. The molecule has 0 spiro atoms. The third kappa shape index (κ3) is 4.22. The number of ether oxygens (including phenoxy) is 1. The second-order valence-electron chi connectivity index (χ2n) is 6.60. The molecule has 15 heavy (non-hydrogen) atoms. The minimum atomic E-state index is -1.23. The number of rotatable bonds is 4. The van der Waals surface area contributed by atoms with Crippen LogP contribution >= 0.6 is 0 Å². The highest BCUT2D eigenvalue weighted by Gasteiger charge is 2.51. The summed E-state index contributed by atoms with van der Waals surface area (Å²) in [6.45, 7) is 13.6. The van der Waals surface area contributed by atoms with Gasteiger partial charge >= 0.3 is 0 Å². The number of epoxide rings is 1. The van der Waals surface area contributed by atoms with E-state index in [2.05, 4.69) is 45.0 Å². The molecule has 88 valence electrons. The lowest BCUT2D eigenvalue weighted by molar-refractivity contribution is 0.178. The molecule has 1 rings (SSSR count). The van der Waals surface area contributed by atoms with E-state index in [1.807, 2.05) is 6.08 Å². The third-order valence-corrected chi connectivity index (χ3v) is 5.87. The van der Waals surface area contributed by atoms with Crippen LogP contribution in [0.25, 0.3) is 0 Å². The molecule has 0 aromatic heterocycles. The topological polar surface area (TPSA) is 32.8 Å². The van der Waals surface area contributed by atoms with E-state index < -0.39 is 22.3 Å². The molecule has 1 saturated heterocycles. The largest absolute Gasteiger partial charge is 0.386 e. The molecule has 0 saturated carbocycles. The lowest BCUT2D eigenvalue weighted by atomic mass is 10.3. The Labute approximate surface area is 95.4 Å². The number of hydrogen-bond acceptors (Lipinski definition) is 2. The highest BCUT2D eigenvalue weighted by atomic mass is 28.3. The molecular formula is C11H24O2Si2. The highest BCUT2D eigenvalue weighted by Crippen LogP contribution is 2.34. The van der Waals surface area contributed by atoms with E-state index in [4.69, 9.17) is 4.74 Å². The van der Waals surface area contributed by atoms with E-state index in [1.165, 1.54) is 0 Å². The Morgan fingerprint density at radius 2 is 1.67 bits per heavy atom. The zero-order valence-electron chi connectivity index (χ0n) is 10.7. The van der Waals surface area contributed by atoms with Crippen LogP contribution in [0.15, 0.2) is 11.8 Å². The Kier molecular flexibility index (Phi) is 3.65. The van der Waals surface area contributed by atoms with E-state index >= 15 is 0 Å². The van der Waals surface area contributed by atoms with Crippen LogP contribution < -0.4 is 0 Å². The molecule has 0 aromatic carbocycles. The first-order valence-corrected chi connectivity index (χ1v) is 12.8. The zero-order valence-corrected chi connectivity index (χ0v) is 12.7. The van der Waals surface area contributed by atoms with E-state index in [1.54, 1.807) is 0 Å². The fourth-order valence-corrected chi connectivity index (χ4v) is 4.10. The summed E-state index contributed by atoms with van der Waals surface area (Å²) in [6, 6.07) is 0. The Bertz CT molecular complexity index is 250. The van der Waals surface area contributed by atoms with Crippen molar-refractivity contribution in [1.29, 1.82) is 0 Å². The van der Waals surface area contributed by atoms with Crippen molar-refractivity contribution in [1.82, 2.24) is 0 Å². The predicted octanol–water partition coefficient (Wildman–Crippen LogP) is 2.43. The van der Waals surface area contributed by atoms with Gasteiger partial charge in [-0.1, -0.05) is 51.1 Å². The van der Waals surface area contributed by atoms with Crippen molar-refractivity contribution in [2.24, 2.45) is 0 Å². The molecule has 1 fully saturated rings. The van der Waals surface area contributed by atoms with E-state index in [0.29, 0.717) is 5.73 Å². The van der Waals surface area contributed by atoms with Gasteiger partial charge in [-0.05, 0) is 0 Å². The maximum Gasteiger partial charge on any atom is 0.110 e. The highest BCUT2D eigenvalue weighted by molar-refractivity contribution is 6.81. The first kappa shape index (κ1) is 13.2. The van der Waals surface area contributed by atoms with Crippen molar-refractivity contribution in [3.63, 3.8) is 0 Å². The lowest BCUT2D eigenvalue weighted by Crippen LogP contribution is -2.33. The standard InChI is InChI=1S/C11H24O2Si2/c1-14(2,3)8-7-9(12)10-11(13-10)15(4,5)6/h7-12H,1-6H3/b8-7+/t9-,10-,11-/m1/s1. The molecular weight excluding hydrogens is 220 g/mol. The van der Waals surface area contributed by atoms with E-state index in [-0.39, 0.29) is 6.10 Å². The molecule has 0 radical (unpaired) electrons. The molecule has 1 aliphatic heterocycles. The maximum atomic E-state index is 9.92. The van der Waals surface area contributed by atoms with Gasteiger partial charge in [0.15, 0.2) is 0 Å². The van der Waals surface area contributed by atoms with Crippen LogP contribution in [0.2, 0.25) is 39.3 Å². The zero-order chi connectivity index (χ0) is 11.9. The summed E-state index contributed by atoms with van der Waals surface area (Å²) in [5.74, 6) is 0. The first-order chi connectivity index (χ1) is 6.61. The molecule has 0 unspecified atom stereocenters. The van der Waals surface area contributed by atoms with Crippen molar-refractivity contribution >= 4 is 16.1 Å². The Hall–Kier alpha value is 0.0938. The van der Waals surface area contributed by atoms with Gasteiger partial charge in [0.25, 0.3) is 0 Å². The molecule has 0 aliphatic carbocycles. The molecule has 3 atom stereocenters. The summed E-state index contributed by atoms with van der Waals surface area (Å²) in [4.78, 5) is 0. The summed E-state index contributed by atoms with van der Waals surface area (Å²) in [5.41, 5.74) is 2.54. The van der Waals surface area contributed by atoms with Gasteiger partial charge in [0, 0.05) is 0 Å². The summed E-state index contributed by atoms with van der Waals surface area (Å²) in [6.07, 6.45) is 1.62. The molecule has 4 heteroatoms. The van der Waals surface area contributed by atoms with Gasteiger partial charge in [-0.2, -0.15) is 0 Å². The normalized spacial score (nSPS) is 29.5. The summed E-state index contributed by atoms with van der Waals surface area (Å²) in [5, 5.41) is 9.92. The van der Waals surface area contributed by atoms with Crippen LogP contribution in [0.1, 0.15) is 0 Å². The Morgan fingerprint density at radius 3 is 2.00 bits per heavy atom. The van der Waals surface area contributed by atoms with Gasteiger partial charge in [0.2, 0.25) is 0 Å². The molecule has 0 amide bonds. The monoisotopic (exact) mass is 244 g/mol. The number of aliphatic hydroxyl groups excluding tert-OH is 1. The SMILES string of the molecule is C[Si](C)(C)/C=C/[C@@H](O)[C@H]1O[C@@H]1[Si](C)(C)C. The predicted molar refractivity (Wildman–Crippen MR) is 70.5 cm³/mol. The van der Waals surface area contributed by atoms with Gasteiger partial charge in [0.1, 0.15) is 12.2 Å². The minimum Gasteiger partial charge on any atom is -0.386 e. The van der Waals surface area contributed by atoms with E-state index in [9.17, 15) is 5.11 Å². The van der Waals surface area contributed by atoms with Crippen LogP contribution in [0.5, 0.6) is 0 Å². The van der Waals surface area contributed by atoms with Crippen LogP contribution in [-0.2, 0) is 4.74 Å². The van der Waals surface area contributed by atoms with Crippen LogP contribution in [0.4, 0.5) is 0 Å². The fraction of sp³-hybridized carbons (Fsp3) is 0.818. The smallest absolute Gasteiger partial charge is 0.110 e. The number of aliphatic hydroxyl groups is 1. The average Bonchev–Trinajstić information content (AvgIpc) is 2.75. The van der Waals surface area contributed by atoms with Crippen molar-refractivity contribution in [2.45, 2.75) is 57.2 Å².